The summed E-state index contributed by atoms with van der Waals surface area (Å²) in [4.78, 5) is 2.63. The largest absolute Gasteiger partial charge is 0.300 e. The van der Waals surface area contributed by atoms with E-state index in [2.05, 4.69) is 4.90 Å². The molecule has 3 heterocycles. The minimum Gasteiger partial charge on any atom is -0.300 e. The Morgan fingerprint density at radius 1 is 1.25 bits per heavy atom. The minimum atomic E-state index is 0. The van der Waals surface area contributed by atoms with Crippen molar-refractivity contribution in [3.63, 3.8) is 0 Å². The van der Waals surface area contributed by atoms with Crippen LogP contribution in [-0.4, -0.2) is 29.9 Å². The van der Waals surface area contributed by atoms with E-state index >= 15 is 0 Å². The maximum Gasteiger partial charge on any atom is 0.0238 e. The summed E-state index contributed by atoms with van der Waals surface area (Å²) >= 11 is 5.75. The van der Waals surface area contributed by atoms with E-state index in [0.29, 0.717) is 0 Å². The quantitative estimate of drug-likeness (QED) is 0.633. The molecule has 1 atom stereocenters. The molecule has 1 unspecified atom stereocenters. The van der Waals surface area contributed by atoms with Crippen LogP contribution in [0.5, 0.6) is 0 Å². The molecule has 72 valence electrons. The van der Waals surface area contributed by atoms with Gasteiger partial charge >= 0.3 is 0 Å². The molecule has 2 bridgehead atoms. The summed E-state index contributed by atoms with van der Waals surface area (Å²) < 4.78 is 0. The highest BCUT2D eigenvalue weighted by Crippen LogP contribution is 2.33. The number of piperidine rings is 3. The van der Waals surface area contributed by atoms with Gasteiger partial charge in [0.05, 0.1) is 0 Å². The number of nitrogens with zero attached hydrogens (tertiary/aromatic N) is 1. The second-order valence-corrected chi connectivity index (χ2v) is 4.22. The molecule has 3 rings (SSSR count). The van der Waals surface area contributed by atoms with Gasteiger partial charge in [0.1, 0.15) is 0 Å². The fourth-order valence-corrected chi connectivity index (χ4v) is 2.77. The Morgan fingerprint density at radius 2 is 1.92 bits per heavy atom. The standard InChI is InChI=1S/C9H16ClN.ClH/c10-4-1-9-7-8-2-5-11(9)6-3-8;/h8-9H,1-7H2;1H. The van der Waals surface area contributed by atoms with Gasteiger partial charge < -0.3 is 4.90 Å². The lowest BCUT2D eigenvalue weighted by Crippen LogP contribution is -2.48. The number of rotatable bonds is 2. The van der Waals surface area contributed by atoms with Gasteiger partial charge in [0.15, 0.2) is 0 Å². The normalized spacial score (nSPS) is 39.2. The lowest BCUT2D eigenvalue weighted by atomic mass is 9.82. The van der Waals surface area contributed by atoms with Gasteiger partial charge in [0.2, 0.25) is 0 Å². The molecule has 0 aromatic heterocycles. The fraction of sp³-hybridized carbons (Fsp3) is 1.00. The third-order valence-electron chi connectivity index (χ3n) is 3.21. The predicted molar refractivity (Wildman–Crippen MR) is 55.3 cm³/mol. The third-order valence-corrected chi connectivity index (χ3v) is 3.43. The van der Waals surface area contributed by atoms with Crippen LogP contribution in [0.15, 0.2) is 0 Å². The van der Waals surface area contributed by atoms with Crippen LogP contribution < -0.4 is 0 Å². The molecule has 0 spiro atoms. The highest BCUT2D eigenvalue weighted by Gasteiger charge is 2.32. The van der Waals surface area contributed by atoms with E-state index in [4.69, 9.17) is 11.6 Å². The molecule has 0 radical (unpaired) electrons. The minimum absolute atomic E-state index is 0. The molecule has 0 amide bonds. The first-order valence-electron chi connectivity index (χ1n) is 4.70. The van der Waals surface area contributed by atoms with Crippen molar-refractivity contribution in [1.82, 2.24) is 4.90 Å². The molecule has 0 aromatic carbocycles. The number of alkyl halides is 1. The molecule has 0 aromatic rings. The molecule has 0 saturated carbocycles. The van der Waals surface area contributed by atoms with Crippen LogP contribution in [0, 0.1) is 5.92 Å². The molecule has 0 aliphatic carbocycles. The molecule has 3 heteroatoms. The van der Waals surface area contributed by atoms with Gasteiger partial charge in [-0.25, -0.2) is 0 Å². The van der Waals surface area contributed by atoms with Gasteiger partial charge in [0, 0.05) is 11.9 Å². The number of fused-ring (bicyclic) bond motifs is 3. The molecular formula is C9H17Cl2N. The summed E-state index contributed by atoms with van der Waals surface area (Å²) in [6.07, 6.45) is 5.52. The summed E-state index contributed by atoms with van der Waals surface area (Å²) in [5.74, 6) is 1.88. The molecule has 3 aliphatic heterocycles. The van der Waals surface area contributed by atoms with Crippen LogP contribution in [0.1, 0.15) is 25.7 Å². The number of hydrogen-bond acceptors (Lipinski definition) is 1. The van der Waals surface area contributed by atoms with Crippen LogP contribution in [0.25, 0.3) is 0 Å². The van der Waals surface area contributed by atoms with Crippen molar-refractivity contribution in [2.45, 2.75) is 31.7 Å². The van der Waals surface area contributed by atoms with Gasteiger partial charge in [-0.1, -0.05) is 0 Å². The van der Waals surface area contributed by atoms with Crippen molar-refractivity contribution in [3.8, 4) is 0 Å². The monoisotopic (exact) mass is 209 g/mol. The Labute approximate surface area is 85.9 Å². The van der Waals surface area contributed by atoms with Crippen molar-refractivity contribution in [2.24, 2.45) is 5.92 Å². The topological polar surface area (TPSA) is 3.24 Å². The van der Waals surface area contributed by atoms with E-state index in [1.807, 2.05) is 0 Å². The Morgan fingerprint density at radius 3 is 2.33 bits per heavy atom. The maximum absolute atomic E-state index is 5.75. The van der Waals surface area contributed by atoms with Crippen LogP contribution >= 0.6 is 24.0 Å². The fourth-order valence-electron chi connectivity index (χ4n) is 2.51. The van der Waals surface area contributed by atoms with Crippen LogP contribution in [0.2, 0.25) is 0 Å². The molecule has 3 aliphatic rings. The van der Waals surface area contributed by atoms with Crippen LogP contribution in [-0.2, 0) is 0 Å². The average Bonchev–Trinajstić information content (AvgIpc) is 2.07. The van der Waals surface area contributed by atoms with Gasteiger partial charge in [-0.05, 0) is 44.7 Å². The number of hydrogen-bond donors (Lipinski definition) is 0. The Bertz CT molecular complexity index is 132. The van der Waals surface area contributed by atoms with Crippen molar-refractivity contribution in [1.29, 1.82) is 0 Å². The van der Waals surface area contributed by atoms with E-state index in [1.165, 1.54) is 38.8 Å². The van der Waals surface area contributed by atoms with E-state index in [-0.39, 0.29) is 12.4 Å². The van der Waals surface area contributed by atoms with E-state index in [0.717, 1.165) is 17.8 Å². The van der Waals surface area contributed by atoms with Crippen molar-refractivity contribution in [2.75, 3.05) is 19.0 Å². The summed E-state index contributed by atoms with van der Waals surface area (Å²) in [5.41, 5.74) is 0. The second-order valence-electron chi connectivity index (χ2n) is 3.85. The van der Waals surface area contributed by atoms with E-state index in [1.54, 1.807) is 0 Å². The van der Waals surface area contributed by atoms with E-state index in [9.17, 15) is 0 Å². The van der Waals surface area contributed by atoms with Gasteiger partial charge in [-0.3, -0.25) is 0 Å². The summed E-state index contributed by atoms with van der Waals surface area (Å²) in [6.45, 7) is 2.68. The lowest BCUT2D eigenvalue weighted by molar-refractivity contribution is 0.0482. The SMILES string of the molecule is Cl.ClCCC1CC2CCN1CC2. The first-order chi connectivity index (χ1) is 5.40. The van der Waals surface area contributed by atoms with Crippen molar-refractivity contribution >= 4 is 24.0 Å². The molecule has 12 heavy (non-hydrogen) atoms. The molecule has 1 nitrogen and oxygen atoms in total. The highest BCUT2D eigenvalue weighted by atomic mass is 35.5. The van der Waals surface area contributed by atoms with Crippen LogP contribution in [0.4, 0.5) is 0 Å². The molecule has 0 N–H and O–H groups in total. The van der Waals surface area contributed by atoms with E-state index < -0.39 is 0 Å². The summed E-state index contributed by atoms with van der Waals surface area (Å²) in [6, 6.07) is 0.833. The van der Waals surface area contributed by atoms with Gasteiger partial charge in [-0.15, -0.1) is 24.0 Å². The predicted octanol–water partition coefficient (Wildman–Crippen LogP) is 2.52. The number of halogens is 2. The average molecular weight is 210 g/mol. The smallest absolute Gasteiger partial charge is 0.0238 e. The Kier molecular flexibility index (Phi) is 4.15. The molecular weight excluding hydrogens is 193 g/mol. The zero-order valence-corrected chi connectivity index (χ0v) is 8.91. The summed E-state index contributed by atoms with van der Waals surface area (Å²) in [7, 11) is 0. The highest BCUT2D eigenvalue weighted by molar-refractivity contribution is 6.17. The van der Waals surface area contributed by atoms with Crippen LogP contribution in [0.3, 0.4) is 0 Å². The third kappa shape index (κ3) is 2.07. The lowest BCUT2D eigenvalue weighted by Gasteiger charge is -2.45. The van der Waals surface area contributed by atoms with Gasteiger partial charge in [-0.2, -0.15) is 0 Å². The Balaban J connectivity index is 0.000000720. The second kappa shape index (κ2) is 4.69. The zero-order valence-electron chi connectivity index (χ0n) is 7.34. The van der Waals surface area contributed by atoms with Gasteiger partial charge in [0.25, 0.3) is 0 Å². The first-order valence-corrected chi connectivity index (χ1v) is 5.23. The summed E-state index contributed by atoms with van der Waals surface area (Å²) in [5, 5.41) is 0. The Hall–Kier alpha value is 0.540. The zero-order chi connectivity index (χ0) is 7.68. The molecule has 3 saturated heterocycles. The maximum atomic E-state index is 5.75. The van der Waals surface area contributed by atoms with Crippen molar-refractivity contribution in [3.05, 3.63) is 0 Å². The molecule has 3 fully saturated rings. The van der Waals surface area contributed by atoms with Crippen molar-refractivity contribution < 1.29 is 0 Å². The first kappa shape index (κ1) is 10.6.